The SMILES string of the molecule is CCC(C)n1nc(C(N)=O)cc1C. The van der Waals surface area contributed by atoms with Crippen LogP contribution in [0, 0.1) is 6.92 Å². The summed E-state index contributed by atoms with van der Waals surface area (Å²) in [7, 11) is 0. The average Bonchev–Trinajstić information content (AvgIpc) is 2.46. The molecule has 1 rings (SSSR count). The summed E-state index contributed by atoms with van der Waals surface area (Å²) in [5.41, 5.74) is 6.44. The molecular weight excluding hydrogens is 166 g/mol. The van der Waals surface area contributed by atoms with Crippen molar-refractivity contribution in [1.82, 2.24) is 9.78 Å². The van der Waals surface area contributed by atoms with E-state index >= 15 is 0 Å². The molecule has 0 bridgehead atoms. The predicted molar refractivity (Wildman–Crippen MR) is 50.5 cm³/mol. The van der Waals surface area contributed by atoms with Gasteiger partial charge in [0.05, 0.1) is 0 Å². The van der Waals surface area contributed by atoms with E-state index in [9.17, 15) is 4.79 Å². The number of nitrogens with two attached hydrogens (primary N) is 1. The van der Waals surface area contributed by atoms with Gasteiger partial charge in [-0.1, -0.05) is 6.92 Å². The topological polar surface area (TPSA) is 60.9 Å². The number of nitrogens with zero attached hydrogens (tertiary/aromatic N) is 2. The van der Waals surface area contributed by atoms with E-state index in [1.807, 2.05) is 11.6 Å². The molecule has 0 aliphatic carbocycles. The smallest absolute Gasteiger partial charge is 0.269 e. The van der Waals surface area contributed by atoms with Crippen LogP contribution in [0.15, 0.2) is 6.07 Å². The Morgan fingerprint density at radius 3 is 2.77 bits per heavy atom. The summed E-state index contributed by atoms with van der Waals surface area (Å²) in [4.78, 5) is 10.8. The molecule has 0 radical (unpaired) electrons. The van der Waals surface area contributed by atoms with Crippen molar-refractivity contribution in [3.8, 4) is 0 Å². The van der Waals surface area contributed by atoms with Crippen LogP contribution in [0.25, 0.3) is 0 Å². The summed E-state index contributed by atoms with van der Waals surface area (Å²) in [6, 6.07) is 2.03. The Hall–Kier alpha value is -1.32. The number of hydrogen-bond acceptors (Lipinski definition) is 2. The van der Waals surface area contributed by atoms with Gasteiger partial charge in [-0.15, -0.1) is 0 Å². The van der Waals surface area contributed by atoms with Gasteiger partial charge in [0.25, 0.3) is 5.91 Å². The Balaban J connectivity index is 3.02. The lowest BCUT2D eigenvalue weighted by Crippen LogP contribution is -2.13. The van der Waals surface area contributed by atoms with E-state index in [4.69, 9.17) is 5.73 Å². The minimum Gasteiger partial charge on any atom is -0.364 e. The minimum atomic E-state index is -0.467. The number of carbonyl (C=O) groups excluding carboxylic acids is 1. The lowest BCUT2D eigenvalue weighted by atomic mass is 10.2. The Labute approximate surface area is 77.7 Å². The van der Waals surface area contributed by atoms with E-state index < -0.39 is 5.91 Å². The van der Waals surface area contributed by atoms with Crippen LogP contribution >= 0.6 is 0 Å². The molecule has 1 heterocycles. The molecular formula is C9H15N3O. The molecule has 0 spiro atoms. The third-order valence-corrected chi connectivity index (χ3v) is 2.18. The monoisotopic (exact) mass is 181 g/mol. The highest BCUT2D eigenvalue weighted by Crippen LogP contribution is 2.13. The van der Waals surface area contributed by atoms with Crippen molar-refractivity contribution >= 4 is 5.91 Å². The molecule has 2 N–H and O–H groups in total. The maximum atomic E-state index is 10.8. The van der Waals surface area contributed by atoms with Crippen LogP contribution in [-0.4, -0.2) is 15.7 Å². The van der Waals surface area contributed by atoms with Crippen LogP contribution in [0.3, 0.4) is 0 Å². The van der Waals surface area contributed by atoms with E-state index in [0.717, 1.165) is 12.1 Å². The highest BCUT2D eigenvalue weighted by atomic mass is 16.1. The van der Waals surface area contributed by atoms with Gasteiger partial charge in [-0.2, -0.15) is 5.10 Å². The van der Waals surface area contributed by atoms with Crippen LogP contribution in [0.1, 0.15) is 42.5 Å². The Morgan fingerprint density at radius 1 is 1.77 bits per heavy atom. The largest absolute Gasteiger partial charge is 0.364 e. The van der Waals surface area contributed by atoms with E-state index in [0.29, 0.717) is 11.7 Å². The Bertz CT molecular complexity index is 317. The van der Waals surface area contributed by atoms with Gasteiger partial charge in [-0.3, -0.25) is 9.48 Å². The molecule has 0 saturated heterocycles. The molecule has 72 valence electrons. The van der Waals surface area contributed by atoms with E-state index in [2.05, 4.69) is 18.9 Å². The Morgan fingerprint density at radius 2 is 2.38 bits per heavy atom. The molecule has 0 aliphatic heterocycles. The molecule has 0 saturated carbocycles. The predicted octanol–water partition coefficient (Wildman–Crippen LogP) is 1.26. The molecule has 0 aromatic carbocycles. The third-order valence-electron chi connectivity index (χ3n) is 2.18. The highest BCUT2D eigenvalue weighted by Gasteiger charge is 2.11. The zero-order valence-electron chi connectivity index (χ0n) is 8.24. The summed E-state index contributed by atoms with van der Waals surface area (Å²) < 4.78 is 1.83. The first-order valence-corrected chi connectivity index (χ1v) is 4.42. The molecule has 4 heteroatoms. The average molecular weight is 181 g/mol. The van der Waals surface area contributed by atoms with Gasteiger partial charge >= 0.3 is 0 Å². The normalized spacial score (nSPS) is 12.8. The molecule has 1 aromatic heterocycles. The van der Waals surface area contributed by atoms with Gasteiger partial charge in [0.2, 0.25) is 0 Å². The quantitative estimate of drug-likeness (QED) is 0.763. The molecule has 1 amide bonds. The van der Waals surface area contributed by atoms with E-state index in [1.165, 1.54) is 0 Å². The molecule has 0 aliphatic rings. The maximum absolute atomic E-state index is 10.8. The van der Waals surface area contributed by atoms with Crippen molar-refractivity contribution < 1.29 is 4.79 Å². The van der Waals surface area contributed by atoms with Crippen molar-refractivity contribution in [1.29, 1.82) is 0 Å². The van der Waals surface area contributed by atoms with Crippen molar-refractivity contribution in [3.05, 3.63) is 17.5 Å². The van der Waals surface area contributed by atoms with Gasteiger partial charge < -0.3 is 5.73 Å². The summed E-state index contributed by atoms with van der Waals surface area (Å²) in [5.74, 6) is -0.467. The van der Waals surface area contributed by atoms with Crippen molar-refractivity contribution in [3.63, 3.8) is 0 Å². The minimum absolute atomic E-state index is 0.313. The number of aryl methyl sites for hydroxylation is 1. The standard InChI is InChI=1S/C9H15N3O/c1-4-6(2)12-7(3)5-8(11-12)9(10)13/h5-6H,4H2,1-3H3,(H2,10,13). The summed E-state index contributed by atoms with van der Waals surface area (Å²) in [6.45, 7) is 6.06. The van der Waals surface area contributed by atoms with Crippen molar-refractivity contribution in [2.24, 2.45) is 5.73 Å². The lowest BCUT2D eigenvalue weighted by molar-refractivity contribution is 0.0994. The molecule has 13 heavy (non-hydrogen) atoms. The zero-order valence-corrected chi connectivity index (χ0v) is 8.24. The second-order valence-corrected chi connectivity index (χ2v) is 3.24. The first kappa shape index (κ1) is 9.77. The molecule has 4 nitrogen and oxygen atoms in total. The molecule has 0 fully saturated rings. The first-order chi connectivity index (χ1) is 6.06. The van der Waals surface area contributed by atoms with E-state index in [-0.39, 0.29) is 0 Å². The van der Waals surface area contributed by atoms with Crippen LogP contribution in [0.2, 0.25) is 0 Å². The van der Waals surface area contributed by atoms with Crippen molar-refractivity contribution in [2.75, 3.05) is 0 Å². The van der Waals surface area contributed by atoms with Crippen LogP contribution < -0.4 is 5.73 Å². The van der Waals surface area contributed by atoms with Crippen LogP contribution in [-0.2, 0) is 0 Å². The molecule has 1 atom stereocenters. The summed E-state index contributed by atoms with van der Waals surface area (Å²) in [6.07, 6.45) is 0.987. The number of carbonyl (C=O) groups is 1. The highest BCUT2D eigenvalue weighted by molar-refractivity contribution is 5.90. The fourth-order valence-electron chi connectivity index (χ4n) is 1.23. The lowest BCUT2D eigenvalue weighted by Gasteiger charge is -2.10. The third kappa shape index (κ3) is 1.88. The van der Waals surface area contributed by atoms with Crippen molar-refractivity contribution in [2.45, 2.75) is 33.2 Å². The van der Waals surface area contributed by atoms with Gasteiger partial charge in [-0.25, -0.2) is 0 Å². The number of aromatic nitrogens is 2. The van der Waals surface area contributed by atoms with Gasteiger partial charge in [0, 0.05) is 11.7 Å². The molecule has 1 aromatic rings. The summed E-state index contributed by atoms with van der Waals surface area (Å²) >= 11 is 0. The summed E-state index contributed by atoms with van der Waals surface area (Å²) in [5, 5.41) is 4.12. The number of hydrogen-bond donors (Lipinski definition) is 1. The van der Waals surface area contributed by atoms with E-state index in [1.54, 1.807) is 6.07 Å². The maximum Gasteiger partial charge on any atom is 0.269 e. The number of rotatable bonds is 3. The van der Waals surface area contributed by atoms with Gasteiger partial charge in [-0.05, 0) is 26.3 Å². The number of amides is 1. The fourth-order valence-corrected chi connectivity index (χ4v) is 1.23. The second kappa shape index (κ2) is 3.60. The van der Waals surface area contributed by atoms with Crippen LogP contribution in [0.5, 0.6) is 0 Å². The van der Waals surface area contributed by atoms with Gasteiger partial charge in [0.1, 0.15) is 5.69 Å². The second-order valence-electron chi connectivity index (χ2n) is 3.24. The molecule has 1 unspecified atom stereocenters. The first-order valence-electron chi connectivity index (χ1n) is 4.42. The zero-order chi connectivity index (χ0) is 10.0. The van der Waals surface area contributed by atoms with Gasteiger partial charge in [0.15, 0.2) is 0 Å². The van der Waals surface area contributed by atoms with Crippen LogP contribution in [0.4, 0.5) is 0 Å². The number of primary amides is 1. The Kier molecular flexibility index (Phi) is 2.70. The fraction of sp³-hybridized carbons (Fsp3) is 0.556.